The van der Waals surface area contributed by atoms with Crippen molar-refractivity contribution < 1.29 is 31.8 Å². The number of methoxy groups -OCH3 is 1. The molecule has 7 nitrogen and oxygen atoms in total. The molecular weight excluding hydrogens is 487 g/mol. The van der Waals surface area contributed by atoms with Gasteiger partial charge in [0.15, 0.2) is 6.10 Å². The maximum Gasteiger partial charge on any atom is 0.311 e. The van der Waals surface area contributed by atoms with Crippen LogP contribution < -0.4 is 0 Å². The predicted molar refractivity (Wildman–Crippen MR) is 142 cm³/mol. The van der Waals surface area contributed by atoms with E-state index in [1.165, 1.54) is 11.1 Å². The van der Waals surface area contributed by atoms with E-state index < -0.39 is 35.3 Å². The SMILES string of the molecule is CCCCCCC(=O)OC(CCC=C(C)CCC=C(C)CCC=C(C)C)C(OC)(P=O)S(=O)(=O)O. The summed E-state index contributed by atoms with van der Waals surface area (Å²) in [5, 5.41) is 0. The first-order chi connectivity index (χ1) is 16.4. The minimum absolute atomic E-state index is 0.0402. The van der Waals surface area contributed by atoms with E-state index in [9.17, 15) is 22.3 Å². The summed E-state index contributed by atoms with van der Waals surface area (Å²) < 4.78 is 53.5. The predicted octanol–water partition coefficient (Wildman–Crippen LogP) is 7.55. The second-order valence-corrected chi connectivity index (χ2v) is 11.9. The van der Waals surface area contributed by atoms with Crippen molar-refractivity contribution in [3.8, 4) is 0 Å². The molecule has 35 heavy (non-hydrogen) atoms. The monoisotopic (exact) mass is 532 g/mol. The molecule has 0 radical (unpaired) electrons. The molecule has 0 aliphatic carbocycles. The van der Waals surface area contributed by atoms with Crippen molar-refractivity contribution in [3.63, 3.8) is 0 Å². The largest absolute Gasteiger partial charge is 0.457 e. The smallest absolute Gasteiger partial charge is 0.311 e. The lowest BCUT2D eigenvalue weighted by atomic mass is 10.0. The Hall–Kier alpha value is -1.34. The van der Waals surface area contributed by atoms with Crippen LogP contribution in [0, 0.1) is 0 Å². The Balaban J connectivity index is 5.18. The number of carbonyl (C=O) groups is 1. The van der Waals surface area contributed by atoms with Crippen LogP contribution in [0.1, 0.15) is 105 Å². The molecule has 1 N–H and O–H groups in total. The number of rotatable bonds is 19. The van der Waals surface area contributed by atoms with Gasteiger partial charge in [-0.15, -0.1) is 0 Å². The van der Waals surface area contributed by atoms with Gasteiger partial charge in [0, 0.05) is 13.5 Å². The molecule has 0 saturated heterocycles. The highest BCUT2D eigenvalue weighted by Gasteiger charge is 2.54. The minimum Gasteiger partial charge on any atom is -0.457 e. The number of unbranched alkanes of at least 4 members (excludes halogenated alkanes) is 3. The Morgan fingerprint density at radius 2 is 1.51 bits per heavy atom. The van der Waals surface area contributed by atoms with Crippen molar-refractivity contribution >= 4 is 24.5 Å². The summed E-state index contributed by atoms with van der Waals surface area (Å²) in [5.74, 6) is -0.603. The van der Waals surface area contributed by atoms with Crippen LogP contribution in [-0.4, -0.2) is 36.8 Å². The standard InChI is InChI=1S/C26H45O7PS/c1-7-8-9-10-20-25(27)33-24(26(32-6,34-28)35(29,30)31)19-13-18-23(5)17-12-16-22(4)15-11-14-21(2)3/h14,16,18,24H,7-13,15,17,19-20H2,1-6H3,(H,29,30,31). The molecule has 0 spiro atoms. The molecule has 0 bridgehead atoms. The molecule has 0 aliphatic rings. The van der Waals surface area contributed by atoms with Gasteiger partial charge in [-0.2, -0.15) is 8.42 Å². The fourth-order valence-corrected chi connectivity index (χ4v) is 5.05. The third-order valence-corrected chi connectivity index (χ3v) is 8.56. The summed E-state index contributed by atoms with van der Waals surface area (Å²) >= 11 is 0. The Bertz CT molecular complexity index is 842. The number of hydrogen-bond acceptors (Lipinski definition) is 6. The molecule has 0 aromatic rings. The molecule has 0 amide bonds. The number of carbonyl (C=O) groups excluding carboxylic acids is 1. The Morgan fingerprint density at radius 1 is 0.943 bits per heavy atom. The van der Waals surface area contributed by atoms with Gasteiger partial charge < -0.3 is 9.47 Å². The molecule has 0 aliphatic heterocycles. The first-order valence-corrected chi connectivity index (χ1v) is 14.7. The van der Waals surface area contributed by atoms with E-state index in [2.05, 4.69) is 39.8 Å². The Kier molecular flexibility index (Phi) is 17.3. The molecule has 0 rings (SSSR count). The van der Waals surface area contributed by atoms with Crippen LogP contribution in [0.5, 0.6) is 0 Å². The van der Waals surface area contributed by atoms with Crippen LogP contribution in [0.2, 0.25) is 0 Å². The van der Waals surface area contributed by atoms with Gasteiger partial charge in [0.1, 0.15) is 0 Å². The summed E-state index contributed by atoms with van der Waals surface area (Å²) in [5.41, 5.74) is 3.77. The Morgan fingerprint density at radius 3 is 2.00 bits per heavy atom. The first-order valence-electron chi connectivity index (χ1n) is 12.4. The number of ether oxygens (including phenoxy) is 2. The topological polar surface area (TPSA) is 107 Å². The van der Waals surface area contributed by atoms with Gasteiger partial charge in [-0.25, -0.2) is 0 Å². The molecule has 2 unspecified atom stereocenters. The molecule has 0 saturated carbocycles. The van der Waals surface area contributed by atoms with Crippen molar-refractivity contribution in [3.05, 3.63) is 34.9 Å². The summed E-state index contributed by atoms with van der Waals surface area (Å²) in [6, 6.07) is 0. The molecule has 2 atom stereocenters. The Labute approximate surface area is 214 Å². The molecule has 0 heterocycles. The zero-order chi connectivity index (χ0) is 26.9. The highest BCUT2D eigenvalue weighted by molar-refractivity contribution is 7.91. The molecule has 9 heteroatoms. The third-order valence-electron chi connectivity index (χ3n) is 5.75. The summed E-state index contributed by atoms with van der Waals surface area (Å²) in [6.45, 7) is 10.4. The maximum atomic E-state index is 12.4. The molecular formula is C26H45O7PS. The van der Waals surface area contributed by atoms with E-state index in [-0.39, 0.29) is 12.8 Å². The van der Waals surface area contributed by atoms with Gasteiger partial charge in [0.2, 0.25) is 8.46 Å². The van der Waals surface area contributed by atoms with Crippen LogP contribution in [0.4, 0.5) is 0 Å². The summed E-state index contributed by atoms with van der Waals surface area (Å²) in [7, 11) is -4.92. The van der Waals surface area contributed by atoms with Gasteiger partial charge in [0.05, 0.1) is 0 Å². The average Bonchev–Trinajstić information content (AvgIpc) is 2.76. The van der Waals surface area contributed by atoms with E-state index >= 15 is 0 Å². The van der Waals surface area contributed by atoms with E-state index in [1.54, 1.807) is 0 Å². The van der Waals surface area contributed by atoms with Crippen molar-refractivity contribution in [2.24, 2.45) is 0 Å². The van der Waals surface area contributed by atoms with Crippen LogP contribution in [0.3, 0.4) is 0 Å². The molecule has 0 aromatic heterocycles. The molecule has 0 aromatic carbocycles. The second-order valence-electron chi connectivity index (χ2n) is 9.23. The van der Waals surface area contributed by atoms with Crippen molar-refractivity contribution in [2.45, 2.75) is 116 Å². The van der Waals surface area contributed by atoms with Crippen molar-refractivity contribution in [1.82, 2.24) is 0 Å². The van der Waals surface area contributed by atoms with E-state index in [4.69, 9.17) is 9.47 Å². The zero-order valence-corrected chi connectivity index (χ0v) is 24.1. The summed E-state index contributed by atoms with van der Waals surface area (Å²) in [6.07, 6.45) is 12.8. The van der Waals surface area contributed by atoms with Gasteiger partial charge in [-0.1, -0.05) is 61.1 Å². The van der Waals surface area contributed by atoms with Crippen LogP contribution in [0.15, 0.2) is 34.9 Å². The van der Waals surface area contributed by atoms with Crippen molar-refractivity contribution in [1.29, 1.82) is 0 Å². The van der Waals surface area contributed by atoms with E-state index in [0.717, 1.165) is 57.6 Å². The number of hydrogen-bond donors (Lipinski definition) is 1. The highest BCUT2D eigenvalue weighted by Crippen LogP contribution is 2.38. The normalized spacial score (nSPS) is 15.5. The quantitative estimate of drug-likeness (QED) is 0.0601. The highest BCUT2D eigenvalue weighted by atomic mass is 32.2. The third kappa shape index (κ3) is 13.5. The lowest BCUT2D eigenvalue weighted by Crippen LogP contribution is -2.48. The van der Waals surface area contributed by atoms with E-state index in [1.807, 2.05) is 13.0 Å². The van der Waals surface area contributed by atoms with E-state index in [0.29, 0.717) is 12.8 Å². The average molecular weight is 533 g/mol. The lowest BCUT2D eigenvalue weighted by molar-refractivity contribution is -0.155. The van der Waals surface area contributed by atoms with Crippen LogP contribution in [0.25, 0.3) is 0 Å². The van der Waals surface area contributed by atoms with Crippen molar-refractivity contribution in [2.75, 3.05) is 7.11 Å². The fourth-order valence-electron chi connectivity index (χ4n) is 3.60. The van der Waals surface area contributed by atoms with Crippen LogP contribution in [-0.2, 0) is 29.0 Å². The zero-order valence-electron chi connectivity index (χ0n) is 22.3. The van der Waals surface area contributed by atoms with Gasteiger partial charge >= 0.3 is 20.8 Å². The maximum absolute atomic E-state index is 12.4. The van der Waals surface area contributed by atoms with Gasteiger partial charge in [-0.3, -0.25) is 13.9 Å². The van der Waals surface area contributed by atoms with Crippen LogP contribution >= 0.6 is 8.46 Å². The summed E-state index contributed by atoms with van der Waals surface area (Å²) in [4.78, 5) is 12.4. The number of allylic oxidation sites excluding steroid dienone is 6. The first kappa shape index (κ1) is 33.7. The molecule has 0 fully saturated rings. The van der Waals surface area contributed by atoms with Gasteiger partial charge in [0.25, 0.3) is 0 Å². The van der Waals surface area contributed by atoms with Gasteiger partial charge in [-0.05, 0) is 72.6 Å². The second kappa shape index (κ2) is 18.0. The minimum atomic E-state index is -4.95. The fraction of sp³-hybridized carbons (Fsp3) is 0.731. The molecule has 202 valence electrons. The number of esters is 1. The lowest BCUT2D eigenvalue weighted by Gasteiger charge is -2.30.